The van der Waals surface area contributed by atoms with Gasteiger partial charge in [-0.2, -0.15) is 17.0 Å². The summed E-state index contributed by atoms with van der Waals surface area (Å²) in [5.74, 6) is -0.320. The highest BCUT2D eigenvalue weighted by Gasteiger charge is 2.32. The van der Waals surface area contributed by atoms with Gasteiger partial charge in [-0.3, -0.25) is 4.79 Å². The van der Waals surface area contributed by atoms with E-state index in [-0.39, 0.29) is 25.0 Å². The number of nitrogens with one attached hydrogen (secondary N) is 1. The number of nitrogens with zero attached hydrogens (tertiary/aromatic N) is 3. The van der Waals surface area contributed by atoms with E-state index in [2.05, 4.69) is 10.3 Å². The van der Waals surface area contributed by atoms with E-state index >= 15 is 0 Å². The lowest BCUT2D eigenvalue weighted by atomic mass is 10.1. The van der Waals surface area contributed by atoms with Crippen LogP contribution in [0.15, 0.2) is 36.4 Å². The molecule has 0 bridgehead atoms. The van der Waals surface area contributed by atoms with E-state index in [0.717, 1.165) is 10.9 Å². The first kappa shape index (κ1) is 20.7. The topological polar surface area (TPSA) is 91.8 Å². The lowest BCUT2D eigenvalue weighted by molar-refractivity contribution is 0.0571. The molecule has 0 spiro atoms. The fourth-order valence-corrected chi connectivity index (χ4v) is 4.56. The molecule has 2 aromatic rings. The molecule has 3 rings (SSSR count). The molecule has 2 heterocycles. The minimum atomic E-state index is -3.59. The molecule has 1 aromatic heterocycles. The number of para-hydroxylation sites is 1. The van der Waals surface area contributed by atoms with Crippen molar-refractivity contribution < 1.29 is 17.9 Å². The number of hydrogen-bond donors (Lipinski definition) is 1. The number of pyridine rings is 1. The van der Waals surface area contributed by atoms with Crippen LogP contribution in [0.3, 0.4) is 0 Å². The van der Waals surface area contributed by atoms with Crippen molar-refractivity contribution in [3.63, 3.8) is 0 Å². The highest BCUT2D eigenvalue weighted by molar-refractivity contribution is 7.86. The molecular weight excluding hydrogens is 380 g/mol. The Hall–Kier alpha value is -2.07. The number of hydrogen-bond acceptors (Lipinski definition) is 5. The van der Waals surface area contributed by atoms with Gasteiger partial charge in [0.25, 0.3) is 16.1 Å². The van der Waals surface area contributed by atoms with Crippen LogP contribution in [-0.2, 0) is 14.9 Å². The van der Waals surface area contributed by atoms with Crippen molar-refractivity contribution in [1.82, 2.24) is 18.9 Å². The first-order valence-corrected chi connectivity index (χ1v) is 10.7. The van der Waals surface area contributed by atoms with Crippen LogP contribution in [0.5, 0.6) is 0 Å². The van der Waals surface area contributed by atoms with Gasteiger partial charge in [-0.1, -0.05) is 24.3 Å². The van der Waals surface area contributed by atoms with E-state index < -0.39 is 10.2 Å². The second kappa shape index (κ2) is 8.95. The van der Waals surface area contributed by atoms with Gasteiger partial charge < -0.3 is 10.1 Å². The quantitative estimate of drug-likeness (QED) is 0.747. The van der Waals surface area contributed by atoms with Gasteiger partial charge in [0, 0.05) is 51.8 Å². The number of carbonyl (C=O) groups excluding carboxylic acids is 1. The van der Waals surface area contributed by atoms with Gasteiger partial charge in [0.15, 0.2) is 0 Å². The lowest BCUT2D eigenvalue weighted by Crippen LogP contribution is -2.50. The molecule has 1 aromatic carbocycles. The monoisotopic (exact) mass is 406 g/mol. The summed E-state index contributed by atoms with van der Waals surface area (Å²) in [5, 5.41) is 3.75. The number of benzene rings is 1. The molecule has 0 saturated carbocycles. The zero-order valence-electron chi connectivity index (χ0n) is 16.2. The Kier molecular flexibility index (Phi) is 6.61. The summed E-state index contributed by atoms with van der Waals surface area (Å²) in [5.41, 5.74) is 1.06. The van der Waals surface area contributed by atoms with Crippen LogP contribution in [0.25, 0.3) is 10.9 Å². The van der Waals surface area contributed by atoms with E-state index in [9.17, 15) is 13.2 Å². The number of amides is 1. The average molecular weight is 407 g/mol. The zero-order chi connectivity index (χ0) is 20.1. The van der Waals surface area contributed by atoms with Crippen LogP contribution in [0.2, 0.25) is 0 Å². The fraction of sp³-hybridized carbons (Fsp3) is 0.474. The predicted molar refractivity (Wildman–Crippen MR) is 107 cm³/mol. The minimum absolute atomic E-state index is 0.128. The van der Waals surface area contributed by atoms with Crippen molar-refractivity contribution >= 4 is 27.0 Å². The molecular formula is C19H26N4O4S. The number of fused-ring (bicyclic) bond motifs is 1. The van der Waals surface area contributed by atoms with Gasteiger partial charge in [-0.05, 0) is 25.0 Å². The first-order valence-electron chi connectivity index (χ1n) is 9.30. The summed E-state index contributed by atoms with van der Waals surface area (Å²) < 4.78 is 33.4. The SMILES string of the molecule is CN(C)S(=O)(=O)N(CCNC(=O)c1ccc2ccccc2n1)C1CCOCC1. The van der Waals surface area contributed by atoms with Crippen LogP contribution < -0.4 is 5.32 Å². The normalized spacial score (nSPS) is 16.0. The van der Waals surface area contributed by atoms with Gasteiger partial charge in [0.1, 0.15) is 5.69 Å². The molecule has 8 nitrogen and oxygen atoms in total. The molecule has 1 N–H and O–H groups in total. The summed E-state index contributed by atoms with van der Waals surface area (Å²) >= 11 is 0. The van der Waals surface area contributed by atoms with Crippen LogP contribution in [0.4, 0.5) is 0 Å². The molecule has 1 aliphatic heterocycles. The maximum atomic E-state index is 12.7. The summed E-state index contributed by atoms with van der Waals surface area (Å²) in [6.07, 6.45) is 1.29. The molecule has 0 unspecified atom stereocenters. The molecule has 0 aliphatic carbocycles. The van der Waals surface area contributed by atoms with E-state index in [0.29, 0.717) is 31.7 Å². The number of rotatable bonds is 7. The Bertz CT molecular complexity index is 926. The Morgan fingerprint density at radius 3 is 2.61 bits per heavy atom. The van der Waals surface area contributed by atoms with Crippen molar-refractivity contribution in [3.05, 3.63) is 42.1 Å². The molecule has 152 valence electrons. The van der Waals surface area contributed by atoms with Crippen molar-refractivity contribution in [2.24, 2.45) is 0 Å². The Balaban J connectivity index is 1.66. The minimum Gasteiger partial charge on any atom is -0.381 e. The largest absolute Gasteiger partial charge is 0.381 e. The highest BCUT2D eigenvalue weighted by atomic mass is 32.2. The summed E-state index contributed by atoms with van der Waals surface area (Å²) in [6, 6.07) is 11.0. The summed E-state index contributed by atoms with van der Waals surface area (Å²) in [4.78, 5) is 16.8. The molecule has 0 radical (unpaired) electrons. The summed E-state index contributed by atoms with van der Waals surface area (Å²) in [6.45, 7) is 1.48. The standard InChI is InChI=1S/C19H26N4O4S/c1-22(2)28(25,26)23(16-9-13-27-14-10-16)12-11-20-19(24)18-8-7-15-5-3-4-6-17(15)21-18/h3-8,16H,9-14H2,1-2H3,(H,20,24). The molecule has 1 saturated heterocycles. The third kappa shape index (κ3) is 4.67. The molecule has 1 fully saturated rings. The number of ether oxygens (including phenoxy) is 1. The predicted octanol–water partition coefficient (Wildman–Crippen LogP) is 1.25. The first-order chi connectivity index (χ1) is 13.4. The molecule has 1 amide bonds. The van der Waals surface area contributed by atoms with Crippen LogP contribution in [-0.4, -0.2) is 74.4 Å². The molecule has 28 heavy (non-hydrogen) atoms. The van der Waals surface area contributed by atoms with E-state index in [4.69, 9.17) is 4.74 Å². The van der Waals surface area contributed by atoms with Gasteiger partial charge in [-0.15, -0.1) is 0 Å². The van der Waals surface area contributed by atoms with Crippen molar-refractivity contribution in [2.75, 3.05) is 40.4 Å². The number of carbonyl (C=O) groups is 1. The van der Waals surface area contributed by atoms with Gasteiger partial charge in [0.2, 0.25) is 0 Å². The smallest absolute Gasteiger partial charge is 0.281 e. The van der Waals surface area contributed by atoms with E-state index in [1.165, 1.54) is 22.7 Å². The molecule has 1 aliphatic rings. The third-order valence-electron chi connectivity index (χ3n) is 4.80. The second-order valence-corrected chi connectivity index (χ2v) is 8.98. The van der Waals surface area contributed by atoms with Crippen molar-refractivity contribution in [2.45, 2.75) is 18.9 Å². The third-order valence-corrected chi connectivity index (χ3v) is 6.80. The molecule has 0 atom stereocenters. The molecule has 9 heteroatoms. The lowest BCUT2D eigenvalue weighted by Gasteiger charge is -2.34. The fourth-order valence-electron chi connectivity index (χ4n) is 3.23. The van der Waals surface area contributed by atoms with Crippen molar-refractivity contribution in [1.29, 1.82) is 0 Å². The van der Waals surface area contributed by atoms with Gasteiger partial charge in [0.05, 0.1) is 5.52 Å². The average Bonchev–Trinajstić information content (AvgIpc) is 2.71. The van der Waals surface area contributed by atoms with Gasteiger partial charge in [-0.25, -0.2) is 4.98 Å². The van der Waals surface area contributed by atoms with Crippen LogP contribution in [0, 0.1) is 0 Å². The Labute approximate surface area is 165 Å². The second-order valence-electron chi connectivity index (χ2n) is 6.89. The van der Waals surface area contributed by atoms with Crippen molar-refractivity contribution in [3.8, 4) is 0 Å². The highest BCUT2D eigenvalue weighted by Crippen LogP contribution is 2.19. The zero-order valence-corrected chi connectivity index (χ0v) is 17.0. The summed E-state index contributed by atoms with van der Waals surface area (Å²) in [7, 11) is -0.560. The maximum absolute atomic E-state index is 12.7. The van der Waals surface area contributed by atoms with Crippen LogP contribution in [0.1, 0.15) is 23.3 Å². The van der Waals surface area contributed by atoms with Gasteiger partial charge >= 0.3 is 0 Å². The Morgan fingerprint density at radius 1 is 1.18 bits per heavy atom. The Morgan fingerprint density at radius 2 is 1.89 bits per heavy atom. The maximum Gasteiger partial charge on any atom is 0.281 e. The van der Waals surface area contributed by atoms with E-state index in [1.807, 2.05) is 30.3 Å². The van der Waals surface area contributed by atoms with Crippen LogP contribution >= 0.6 is 0 Å². The number of aromatic nitrogens is 1. The van der Waals surface area contributed by atoms with E-state index in [1.54, 1.807) is 6.07 Å².